The lowest BCUT2D eigenvalue weighted by molar-refractivity contribution is -0.111. The molecule has 0 saturated heterocycles. The molecule has 1 amide bonds. The SMILES string of the molecule is COc1ccc(C)cc1/C=C/C(=O)Nc1n[nH]c(C)n1. The molecule has 0 unspecified atom stereocenters. The highest BCUT2D eigenvalue weighted by Gasteiger charge is 2.04. The molecule has 1 aromatic carbocycles. The molecule has 1 aromatic heterocycles. The van der Waals surface area contributed by atoms with Gasteiger partial charge in [0.15, 0.2) is 0 Å². The van der Waals surface area contributed by atoms with E-state index in [2.05, 4.69) is 20.5 Å². The van der Waals surface area contributed by atoms with Crippen molar-refractivity contribution in [2.75, 3.05) is 12.4 Å². The Hall–Kier alpha value is -2.63. The zero-order chi connectivity index (χ0) is 14.5. The maximum Gasteiger partial charge on any atom is 0.250 e. The number of rotatable bonds is 4. The van der Waals surface area contributed by atoms with Crippen molar-refractivity contribution in [1.82, 2.24) is 15.2 Å². The molecule has 0 saturated carbocycles. The molecule has 0 fully saturated rings. The second-order valence-corrected chi connectivity index (χ2v) is 4.31. The minimum atomic E-state index is -0.299. The van der Waals surface area contributed by atoms with Gasteiger partial charge >= 0.3 is 0 Å². The van der Waals surface area contributed by atoms with Gasteiger partial charge in [0.05, 0.1) is 7.11 Å². The second-order valence-electron chi connectivity index (χ2n) is 4.31. The lowest BCUT2D eigenvalue weighted by Gasteiger charge is -2.05. The summed E-state index contributed by atoms with van der Waals surface area (Å²) in [5.74, 6) is 1.32. The molecular weight excluding hydrogens is 256 g/mol. The quantitative estimate of drug-likeness (QED) is 0.835. The van der Waals surface area contributed by atoms with Gasteiger partial charge in [0.1, 0.15) is 11.6 Å². The van der Waals surface area contributed by atoms with E-state index in [-0.39, 0.29) is 11.9 Å². The Morgan fingerprint density at radius 1 is 1.40 bits per heavy atom. The number of hydrogen-bond donors (Lipinski definition) is 2. The zero-order valence-corrected chi connectivity index (χ0v) is 11.6. The maximum absolute atomic E-state index is 11.7. The molecule has 2 aromatic rings. The second kappa shape index (κ2) is 6.01. The molecule has 104 valence electrons. The molecule has 2 N–H and O–H groups in total. The van der Waals surface area contributed by atoms with Gasteiger partial charge in [-0.15, -0.1) is 5.10 Å². The lowest BCUT2D eigenvalue weighted by atomic mass is 10.1. The van der Waals surface area contributed by atoms with Gasteiger partial charge in [0, 0.05) is 11.6 Å². The van der Waals surface area contributed by atoms with Crippen LogP contribution in [0, 0.1) is 13.8 Å². The van der Waals surface area contributed by atoms with Crippen molar-refractivity contribution in [3.05, 3.63) is 41.2 Å². The van der Waals surface area contributed by atoms with Gasteiger partial charge < -0.3 is 4.74 Å². The van der Waals surface area contributed by atoms with Crippen molar-refractivity contribution in [3.8, 4) is 5.75 Å². The third-order valence-corrected chi connectivity index (χ3v) is 2.63. The predicted octanol–water partition coefficient (Wildman–Crippen LogP) is 2.08. The lowest BCUT2D eigenvalue weighted by Crippen LogP contribution is -2.09. The third-order valence-electron chi connectivity index (χ3n) is 2.63. The topological polar surface area (TPSA) is 79.9 Å². The average Bonchev–Trinajstić information content (AvgIpc) is 2.82. The van der Waals surface area contributed by atoms with Crippen LogP contribution in [0.1, 0.15) is 17.0 Å². The molecule has 0 spiro atoms. The standard InChI is InChI=1S/C14H16N4O2/c1-9-4-6-12(20-3)11(8-9)5-7-13(19)16-14-15-10(2)17-18-14/h4-8H,1-3H3,(H2,15,16,17,18,19)/b7-5+. The van der Waals surface area contributed by atoms with Crippen molar-refractivity contribution < 1.29 is 9.53 Å². The molecule has 0 radical (unpaired) electrons. The Bertz CT molecular complexity index is 646. The van der Waals surface area contributed by atoms with Crippen LogP contribution >= 0.6 is 0 Å². The van der Waals surface area contributed by atoms with Crippen molar-refractivity contribution in [3.63, 3.8) is 0 Å². The van der Waals surface area contributed by atoms with E-state index in [1.165, 1.54) is 6.08 Å². The minimum Gasteiger partial charge on any atom is -0.496 e. The van der Waals surface area contributed by atoms with E-state index in [9.17, 15) is 4.79 Å². The average molecular weight is 272 g/mol. The fourth-order valence-corrected chi connectivity index (χ4v) is 1.70. The highest BCUT2D eigenvalue weighted by molar-refractivity contribution is 6.01. The number of methoxy groups -OCH3 is 1. The van der Waals surface area contributed by atoms with E-state index in [1.807, 2.05) is 25.1 Å². The van der Waals surface area contributed by atoms with Crippen LogP contribution in [0.5, 0.6) is 5.75 Å². The number of hydrogen-bond acceptors (Lipinski definition) is 4. The number of aromatic amines is 1. The van der Waals surface area contributed by atoms with Crippen LogP contribution in [0.3, 0.4) is 0 Å². The minimum absolute atomic E-state index is 0.258. The molecule has 20 heavy (non-hydrogen) atoms. The van der Waals surface area contributed by atoms with Crippen LogP contribution in [0.25, 0.3) is 6.08 Å². The fourth-order valence-electron chi connectivity index (χ4n) is 1.70. The number of anilines is 1. The first-order valence-corrected chi connectivity index (χ1v) is 6.11. The number of H-pyrrole nitrogens is 1. The zero-order valence-electron chi connectivity index (χ0n) is 11.6. The number of carbonyl (C=O) groups excluding carboxylic acids is 1. The first-order chi connectivity index (χ1) is 9.58. The number of ether oxygens (including phenoxy) is 1. The molecular formula is C14H16N4O2. The van der Waals surface area contributed by atoms with Crippen molar-refractivity contribution in [1.29, 1.82) is 0 Å². The van der Waals surface area contributed by atoms with Gasteiger partial charge in [-0.05, 0) is 32.1 Å². The molecule has 2 rings (SSSR count). The Morgan fingerprint density at radius 3 is 2.85 bits per heavy atom. The van der Waals surface area contributed by atoms with Gasteiger partial charge in [-0.1, -0.05) is 11.6 Å². The molecule has 0 bridgehead atoms. The number of aromatic nitrogens is 3. The van der Waals surface area contributed by atoms with Crippen molar-refractivity contribution >= 4 is 17.9 Å². The van der Waals surface area contributed by atoms with Gasteiger partial charge in [-0.3, -0.25) is 15.2 Å². The van der Waals surface area contributed by atoms with Crippen LogP contribution in [0.4, 0.5) is 5.95 Å². The molecule has 0 aliphatic carbocycles. The van der Waals surface area contributed by atoms with E-state index >= 15 is 0 Å². The van der Waals surface area contributed by atoms with Crippen molar-refractivity contribution in [2.24, 2.45) is 0 Å². The summed E-state index contributed by atoms with van der Waals surface area (Å²) in [6, 6.07) is 5.76. The normalized spacial score (nSPS) is 10.8. The summed E-state index contributed by atoms with van der Waals surface area (Å²) in [6.45, 7) is 3.74. The number of nitrogens with one attached hydrogen (secondary N) is 2. The number of carbonyl (C=O) groups is 1. The molecule has 1 heterocycles. The molecule has 0 atom stereocenters. The molecule has 0 aliphatic rings. The fraction of sp³-hybridized carbons (Fsp3) is 0.214. The number of benzene rings is 1. The van der Waals surface area contributed by atoms with Gasteiger partial charge in [0.2, 0.25) is 5.95 Å². The predicted molar refractivity (Wildman–Crippen MR) is 76.5 cm³/mol. The highest BCUT2D eigenvalue weighted by Crippen LogP contribution is 2.20. The summed E-state index contributed by atoms with van der Waals surface area (Å²) in [5.41, 5.74) is 1.93. The van der Waals surface area contributed by atoms with Crippen molar-refractivity contribution in [2.45, 2.75) is 13.8 Å². The largest absolute Gasteiger partial charge is 0.496 e. The monoisotopic (exact) mass is 272 g/mol. The Morgan fingerprint density at radius 2 is 2.20 bits per heavy atom. The third kappa shape index (κ3) is 3.44. The van der Waals surface area contributed by atoms with Crippen LogP contribution in [0.15, 0.2) is 24.3 Å². The van der Waals surface area contributed by atoms with Crippen LogP contribution in [-0.2, 0) is 4.79 Å². The summed E-state index contributed by atoms with van der Waals surface area (Å²) >= 11 is 0. The summed E-state index contributed by atoms with van der Waals surface area (Å²) in [6.07, 6.45) is 3.11. The van der Waals surface area contributed by atoms with E-state index in [4.69, 9.17) is 4.74 Å². The smallest absolute Gasteiger partial charge is 0.250 e. The Labute approximate surface area is 116 Å². The summed E-state index contributed by atoms with van der Waals surface area (Å²) in [7, 11) is 1.60. The van der Waals surface area contributed by atoms with Gasteiger partial charge in [0.25, 0.3) is 5.91 Å². The summed E-state index contributed by atoms with van der Waals surface area (Å²) < 4.78 is 5.24. The summed E-state index contributed by atoms with van der Waals surface area (Å²) in [4.78, 5) is 15.7. The highest BCUT2D eigenvalue weighted by atomic mass is 16.5. The summed E-state index contributed by atoms with van der Waals surface area (Å²) in [5, 5.41) is 9.05. The Balaban J connectivity index is 2.09. The number of aryl methyl sites for hydroxylation is 2. The number of nitrogens with zero attached hydrogens (tertiary/aromatic N) is 2. The molecule has 6 heteroatoms. The van der Waals surface area contributed by atoms with Gasteiger partial charge in [-0.2, -0.15) is 4.98 Å². The van der Waals surface area contributed by atoms with E-state index in [1.54, 1.807) is 20.1 Å². The van der Waals surface area contributed by atoms with Gasteiger partial charge in [-0.25, -0.2) is 0 Å². The van der Waals surface area contributed by atoms with E-state index in [0.29, 0.717) is 11.6 Å². The van der Waals surface area contributed by atoms with Crippen LogP contribution < -0.4 is 10.1 Å². The number of amides is 1. The molecule has 0 aliphatic heterocycles. The first kappa shape index (κ1) is 13.8. The van der Waals surface area contributed by atoms with Crippen LogP contribution in [-0.4, -0.2) is 28.2 Å². The van der Waals surface area contributed by atoms with E-state index in [0.717, 1.165) is 11.1 Å². The van der Waals surface area contributed by atoms with E-state index < -0.39 is 0 Å². The maximum atomic E-state index is 11.7. The first-order valence-electron chi connectivity index (χ1n) is 6.11. The molecule has 6 nitrogen and oxygen atoms in total. The van der Waals surface area contributed by atoms with Crippen LogP contribution in [0.2, 0.25) is 0 Å². The Kier molecular flexibility index (Phi) is 4.14.